The highest BCUT2D eigenvalue weighted by molar-refractivity contribution is 7.95. The van der Waals surface area contributed by atoms with Crippen LogP contribution in [0.1, 0.15) is 19.4 Å². The molecule has 2 rings (SSSR count). The largest absolute Gasteiger partial charge is 0.497 e. The fourth-order valence-electron chi connectivity index (χ4n) is 1.88. The highest BCUT2D eigenvalue weighted by Crippen LogP contribution is 2.39. The molecule has 0 spiro atoms. The first-order valence-electron chi connectivity index (χ1n) is 5.20. The molecule has 0 amide bonds. The lowest BCUT2D eigenvalue weighted by Crippen LogP contribution is -2.32. The molecule has 0 aliphatic carbocycles. The normalized spacial score (nSPS) is 17.5. The Bertz CT molecular complexity index is 595. The number of benzene rings is 1. The quantitative estimate of drug-likeness (QED) is 0.868. The van der Waals surface area contributed by atoms with E-state index in [4.69, 9.17) is 10.5 Å². The van der Waals surface area contributed by atoms with Crippen LogP contribution in [-0.2, 0) is 9.84 Å². The predicted molar refractivity (Wildman–Crippen MR) is 66.4 cm³/mol. The Morgan fingerprint density at radius 3 is 2.47 bits per heavy atom. The summed E-state index contributed by atoms with van der Waals surface area (Å²) in [5, 5.41) is 1.25. The van der Waals surface area contributed by atoms with Crippen molar-refractivity contribution in [3.8, 4) is 5.75 Å². The highest BCUT2D eigenvalue weighted by atomic mass is 32.2. The topological polar surface area (TPSA) is 69.4 Å². The van der Waals surface area contributed by atoms with Crippen LogP contribution in [0.25, 0.3) is 5.57 Å². The second kappa shape index (κ2) is 3.58. The zero-order chi connectivity index (χ0) is 12.8. The van der Waals surface area contributed by atoms with Gasteiger partial charge in [0.1, 0.15) is 5.75 Å². The first kappa shape index (κ1) is 12.1. The van der Waals surface area contributed by atoms with E-state index < -0.39 is 15.4 Å². The van der Waals surface area contributed by atoms with Crippen molar-refractivity contribution in [3.05, 3.63) is 29.2 Å². The van der Waals surface area contributed by atoms with Crippen LogP contribution >= 0.6 is 0 Å². The fourth-order valence-corrected chi connectivity index (χ4v) is 3.48. The predicted octanol–water partition coefficient (Wildman–Crippen LogP) is 1.56. The summed E-state index contributed by atoms with van der Waals surface area (Å²) >= 11 is 0. The van der Waals surface area contributed by atoms with Gasteiger partial charge in [0.15, 0.2) is 0 Å². The molecule has 0 fully saturated rings. The second-order valence-electron chi connectivity index (χ2n) is 4.66. The molecule has 1 aliphatic heterocycles. The van der Waals surface area contributed by atoms with Gasteiger partial charge in [0.05, 0.1) is 12.0 Å². The number of hydrogen-bond acceptors (Lipinski definition) is 4. The maximum absolute atomic E-state index is 11.9. The van der Waals surface area contributed by atoms with Gasteiger partial charge in [0.2, 0.25) is 9.84 Å². The molecule has 0 unspecified atom stereocenters. The van der Waals surface area contributed by atoms with Crippen LogP contribution in [0.5, 0.6) is 5.75 Å². The van der Waals surface area contributed by atoms with E-state index in [1.165, 1.54) is 5.41 Å². The van der Waals surface area contributed by atoms with Gasteiger partial charge >= 0.3 is 0 Å². The molecule has 1 aromatic rings. The number of ether oxygens (including phenoxy) is 1. The minimum absolute atomic E-state index is 0.298. The third kappa shape index (κ3) is 1.96. The molecule has 1 aromatic carbocycles. The van der Waals surface area contributed by atoms with Crippen molar-refractivity contribution in [3.63, 3.8) is 0 Å². The van der Waals surface area contributed by atoms with E-state index in [-0.39, 0.29) is 0 Å². The van der Waals surface area contributed by atoms with E-state index >= 15 is 0 Å². The summed E-state index contributed by atoms with van der Waals surface area (Å²) in [5.41, 5.74) is 6.54. The SMILES string of the molecule is COc1ccc2c(c1)C(C(C)(C)N)=CS2(=O)=O. The van der Waals surface area contributed by atoms with Crippen molar-refractivity contribution < 1.29 is 13.2 Å². The van der Waals surface area contributed by atoms with Gasteiger partial charge in [-0.1, -0.05) is 0 Å². The van der Waals surface area contributed by atoms with Gasteiger partial charge in [-0.05, 0) is 37.6 Å². The Labute approximate surface area is 101 Å². The molecule has 17 heavy (non-hydrogen) atoms. The summed E-state index contributed by atoms with van der Waals surface area (Å²) in [6.07, 6.45) is 0. The first-order valence-corrected chi connectivity index (χ1v) is 6.75. The van der Waals surface area contributed by atoms with E-state index in [0.29, 0.717) is 21.8 Å². The summed E-state index contributed by atoms with van der Waals surface area (Å²) in [7, 11) is -1.82. The maximum atomic E-state index is 11.9. The van der Waals surface area contributed by atoms with Crippen molar-refractivity contribution in [1.29, 1.82) is 0 Å². The average Bonchev–Trinajstić information content (AvgIpc) is 2.50. The lowest BCUT2D eigenvalue weighted by molar-refractivity contribution is 0.414. The standard InChI is InChI=1S/C12H15NO3S/c1-12(2,13)10-7-17(14,15)11-5-4-8(16-3)6-9(10)11/h4-7H,13H2,1-3H3. The van der Waals surface area contributed by atoms with E-state index in [1.807, 2.05) is 0 Å². The number of fused-ring (bicyclic) bond motifs is 1. The molecule has 5 heteroatoms. The number of rotatable bonds is 2. The first-order chi connectivity index (χ1) is 7.75. The van der Waals surface area contributed by atoms with Crippen molar-refractivity contribution in [2.24, 2.45) is 5.73 Å². The third-order valence-electron chi connectivity index (χ3n) is 2.75. The molecule has 0 aromatic heterocycles. The fraction of sp³-hybridized carbons (Fsp3) is 0.333. The zero-order valence-corrected chi connectivity index (χ0v) is 10.8. The van der Waals surface area contributed by atoms with Gasteiger partial charge in [-0.3, -0.25) is 0 Å². The Kier molecular flexibility index (Phi) is 2.56. The second-order valence-corrected chi connectivity index (χ2v) is 6.43. The van der Waals surface area contributed by atoms with Crippen LogP contribution in [0, 0.1) is 0 Å². The molecular formula is C12H15NO3S. The van der Waals surface area contributed by atoms with Crippen molar-refractivity contribution in [2.45, 2.75) is 24.3 Å². The lowest BCUT2D eigenvalue weighted by atomic mass is 9.90. The molecule has 2 N–H and O–H groups in total. The Balaban J connectivity index is 2.72. The van der Waals surface area contributed by atoms with Crippen LogP contribution in [0.4, 0.5) is 0 Å². The molecule has 0 saturated heterocycles. The number of hydrogen-bond donors (Lipinski definition) is 1. The summed E-state index contributed by atoms with van der Waals surface area (Å²) in [5.74, 6) is 0.621. The van der Waals surface area contributed by atoms with E-state index in [0.717, 1.165) is 0 Å². The molecule has 4 nitrogen and oxygen atoms in total. The molecule has 1 heterocycles. The highest BCUT2D eigenvalue weighted by Gasteiger charge is 2.33. The summed E-state index contributed by atoms with van der Waals surface area (Å²) in [4.78, 5) is 0.298. The van der Waals surface area contributed by atoms with Crippen molar-refractivity contribution in [2.75, 3.05) is 7.11 Å². The molecule has 0 atom stereocenters. The van der Waals surface area contributed by atoms with Gasteiger partial charge in [-0.15, -0.1) is 0 Å². The van der Waals surface area contributed by atoms with Crippen LogP contribution < -0.4 is 10.5 Å². The van der Waals surface area contributed by atoms with Crippen molar-refractivity contribution in [1.82, 2.24) is 0 Å². The third-order valence-corrected chi connectivity index (χ3v) is 4.27. The van der Waals surface area contributed by atoms with Crippen molar-refractivity contribution >= 4 is 15.4 Å². The van der Waals surface area contributed by atoms with E-state index in [1.54, 1.807) is 39.2 Å². The number of methoxy groups -OCH3 is 1. The average molecular weight is 253 g/mol. The summed E-state index contributed by atoms with van der Waals surface area (Å²) < 4.78 is 29.0. The van der Waals surface area contributed by atoms with Crippen LogP contribution in [0.3, 0.4) is 0 Å². The van der Waals surface area contributed by atoms with E-state index in [9.17, 15) is 8.42 Å². The van der Waals surface area contributed by atoms with Gasteiger partial charge in [-0.2, -0.15) is 0 Å². The summed E-state index contributed by atoms with van der Waals surface area (Å²) in [6, 6.07) is 4.90. The molecular weight excluding hydrogens is 238 g/mol. The minimum Gasteiger partial charge on any atom is -0.497 e. The monoisotopic (exact) mass is 253 g/mol. The Hall–Kier alpha value is -1.33. The summed E-state index contributed by atoms with van der Waals surface area (Å²) in [6.45, 7) is 3.56. The van der Waals surface area contributed by atoms with Gasteiger partial charge in [-0.25, -0.2) is 8.42 Å². The number of sulfone groups is 1. The Morgan fingerprint density at radius 1 is 1.29 bits per heavy atom. The number of nitrogens with two attached hydrogens (primary N) is 1. The molecule has 92 valence electrons. The smallest absolute Gasteiger partial charge is 0.200 e. The molecule has 0 radical (unpaired) electrons. The van der Waals surface area contributed by atoms with Gasteiger partial charge < -0.3 is 10.5 Å². The van der Waals surface area contributed by atoms with Crippen LogP contribution in [-0.4, -0.2) is 21.1 Å². The molecule has 0 bridgehead atoms. The lowest BCUT2D eigenvalue weighted by Gasteiger charge is -2.21. The van der Waals surface area contributed by atoms with Gasteiger partial charge in [0, 0.05) is 16.5 Å². The van der Waals surface area contributed by atoms with Crippen LogP contribution in [0.15, 0.2) is 28.5 Å². The van der Waals surface area contributed by atoms with Gasteiger partial charge in [0.25, 0.3) is 0 Å². The molecule has 1 aliphatic rings. The minimum atomic E-state index is -3.36. The maximum Gasteiger partial charge on any atom is 0.200 e. The van der Waals surface area contributed by atoms with Crippen LogP contribution in [0.2, 0.25) is 0 Å². The molecule has 0 saturated carbocycles. The van der Waals surface area contributed by atoms with E-state index in [2.05, 4.69) is 0 Å². The Morgan fingerprint density at radius 2 is 1.94 bits per heavy atom. The zero-order valence-electron chi connectivity index (χ0n) is 10.0.